The van der Waals surface area contributed by atoms with Crippen molar-refractivity contribution in [1.82, 2.24) is 35.2 Å². The number of nitrogens with one attached hydrogen (secondary N) is 2. The number of hydrogen-bond acceptors (Lipinski definition) is 5. The number of hydrogen-bond donors (Lipinski definition) is 2. The number of carbonyl (C=O) groups excluding carboxylic acids is 2. The summed E-state index contributed by atoms with van der Waals surface area (Å²) in [6, 6.07) is 7.24. The number of piperidine rings is 1. The van der Waals surface area contributed by atoms with E-state index in [-0.39, 0.29) is 23.8 Å². The van der Waals surface area contributed by atoms with Crippen molar-refractivity contribution in [1.29, 1.82) is 0 Å². The average Bonchev–Trinajstić information content (AvgIpc) is 3.43. The summed E-state index contributed by atoms with van der Waals surface area (Å²) < 4.78 is 0. The molecule has 9 nitrogen and oxygen atoms in total. The van der Waals surface area contributed by atoms with Crippen molar-refractivity contribution in [2.75, 3.05) is 19.6 Å². The number of H-pyrrole nitrogens is 2. The van der Waals surface area contributed by atoms with Crippen LogP contribution in [-0.2, 0) is 11.2 Å². The van der Waals surface area contributed by atoms with Crippen LogP contribution in [0.5, 0.6) is 0 Å². The Morgan fingerprint density at radius 3 is 2.88 bits per heavy atom. The van der Waals surface area contributed by atoms with Gasteiger partial charge in [0.15, 0.2) is 0 Å². The fourth-order valence-electron chi connectivity index (χ4n) is 5.12. The largest absolute Gasteiger partial charge is 0.338 e. The number of likely N-dealkylation sites (tertiary alicyclic amines) is 2. The van der Waals surface area contributed by atoms with E-state index in [1.807, 2.05) is 15.9 Å². The number of halogens is 1. The van der Waals surface area contributed by atoms with Gasteiger partial charge in [0.1, 0.15) is 5.69 Å². The topological polar surface area (TPSA) is 111 Å². The summed E-state index contributed by atoms with van der Waals surface area (Å²) >= 11 is 6.03. The third kappa shape index (κ3) is 3.34. The van der Waals surface area contributed by atoms with E-state index in [2.05, 4.69) is 25.4 Å². The van der Waals surface area contributed by atoms with Crippen LogP contribution in [-0.4, -0.2) is 72.2 Å². The van der Waals surface area contributed by atoms with Gasteiger partial charge in [0.2, 0.25) is 5.91 Å². The molecule has 1 spiro atoms. The zero-order valence-corrected chi connectivity index (χ0v) is 18.6. The maximum absolute atomic E-state index is 13.4. The minimum absolute atomic E-state index is 0.0250. The van der Waals surface area contributed by atoms with Crippen LogP contribution in [0.2, 0.25) is 5.02 Å². The summed E-state index contributed by atoms with van der Waals surface area (Å²) in [5.74, 6) is -0.0571. The van der Waals surface area contributed by atoms with E-state index in [0.717, 1.165) is 46.8 Å². The summed E-state index contributed by atoms with van der Waals surface area (Å²) in [4.78, 5) is 34.5. The molecule has 2 saturated heterocycles. The van der Waals surface area contributed by atoms with Crippen molar-refractivity contribution < 1.29 is 9.59 Å². The van der Waals surface area contributed by atoms with Gasteiger partial charge in [0.25, 0.3) is 5.91 Å². The van der Waals surface area contributed by atoms with Crippen molar-refractivity contribution >= 4 is 45.2 Å². The summed E-state index contributed by atoms with van der Waals surface area (Å²) in [6.45, 7) is 1.77. The van der Waals surface area contributed by atoms with Gasteiger partial charge in [0.05, 0.1) is 41.1 Å². The molecular weight excluding hydrogens is 442 g/mol. The maximum Gasteiger partial charge on any atom is 0.273 e. The number of fused-ring (bicyclic) bond motifs is 2. The Kier molecular flexibility index (Phi) is 4.62. The van der Waals surface area contributed by atoms with Crippen molar-refractivity contribution in [3.8, 4) is 0 Å². The number of aromatic nitrogens is 5. The minimum Gasteiger partial charge on any atom is -0.338 e. The van der Waals surface area contributed by atoms with E-state index in [9.17, 15) is 9.59 Å². The second-order valence-electron chi connectivity index (χ2n) is 8.96. The SMILES string of the molecule is O=C(Cc1[nH]nc2cc(Cl)ccc12)N1CC2(CCCCN2C(=O)c2cc3cn[nH]c3cn2)C1. The molecule has 0 aliphatic carbocycles. The van der Waals surface area contributed by atoms with Gasteiger partial charge in [-0.1, -0.05) is 11.6 Å². The molecule has 5 heterocycles. The van der Waals surface area contributed by atoms with Crippen LogP contribution in [0.3, 0.4) is 0 Å². The molecule has 2 N–H and O–H groups in total. The van der Waals surface area contributed by atoms with E-state index in [1.54, 1.807) is 30.6 Å². The predicted octanol–water partition coefficient (Wildman–Crippen LogP) is 2.94. The normalized spacial score (nSPS) is 17.6. The summed E-state index contributed by atoms with van der Waals surface area (Å²) in [6.07, 6.45) is 6.47. The number of amides is 2. The molecule has 2 aliphatic heterocycles. The lowest BCUT2D eigenvalue weighted by atomic mass is 9.79. The first kappa shape index (κ1) is 20.2. The van der Waals surface area contributed by atoms with Crippen LogP contribution in [0.4, 0.5) is 0 Å². The fourth-order valence-corrected chi connectivity index (χ4v) is 5.28. The summed E-state index contributed by atoms with van der Waals surface area (Å²) in [5.41, 5.74) is 2.42. The molecule has 3 aromatic heterocycles. The first-order valence-electron chi connectivity index (χ1n) is 11.0. The Bertz CT molecular complexity index is 1390. The highest BCUT2D eigenvalue weighted by Gasteiger charge is 2.52. The molecule has 10 heteroatoms. The molecule has 0 bridgehead atoms. The first-order valence-corrected chi connectivity index (χ1v) is 11.4. The molecular formula is C23H22ClN7O2. The lowest BCUT2D eigenvalue weighted by Crippen LogP contribution is -2.73. The molecule has 0 atom stereocenters. The van der Waals surface area contributed by atoms with Gasteiger partial charge in [0, 0.05) is 35.4 Å². The number of carbonyl (C=O) groups is 2. The third-order valence-corrected chi connectivity index (χ3v) is 7.12. The van der Waals surface area contributed by atoms with Crippen LogP contribution in [0, 0.1) is 0 Å². The van der Waals surface area contributed by atoms with E-state index >= 15 is 0 Å². The third-order valence-electron chi connectivity index (χ3n) is 6.88. The smallest absolute Gasteiger partial charge is 0.273 e. The molecule has 6 rings (SSSR count). The number of aromatic amines is 2. The van der Waals surface area contributed by atoms with Crippen LogP contribution in [0.15, 0.2) is 36.7 Å². The van der Waals surface area contributed by atoms with Crippen LogP contribution in [0.25, 0.3) is 21.8 Å². The summed E-state index contributed by atoms with van der Waals surface area (Å²) in [5, 5.41) is 16.5. The van der Waals surface area contributed by atoms with Gasteiger partial charge < -0.3 is 9.80 Å². The monoisotopic (exact) mass is 463 g/mol. The molecule has 2 fully saturated rings. The highest BCUT2D eigenvalue weighted by atomic mass is 35.5. The fraction of sp³-hybridized carbons (Fsp3) is 0.348. The highest BCUT2D eigenvalue weighted by Crippen LogP contribution is 2.38. The zero-order chi connectivity index (χ0) is 22.6. The Hall–Kier alpha value is -3.46. The molecule has 0 radical (unpaired) electrons. The van der Waals surface area contributed by atoms with Gasteiger partial charge in [-0.05, 0) is 43.5 Å². The molecule has 2 aliphatic rings. The van der Waals surface area contributed by atoms with Crippen molar-refractivity contribution in [2.45, 2.75) is 31.2 Å². The average molecular weight is 464 g/mol. The number of nitrogens with zero attached hydrogens (tertiary/aromatic N) is 5. The lowest BCUT2D eigenvalue weighted by Gasteiger charge is -2.57. The molecule has 4 aromatic rings. The minimum atomic E-state index is -0.318. The van der Waals surface area contributed by atoms with Gasteiger partial charge in [-0.3, -0.25) is 19.8 Å². The number of pyridine rings is 1. The number of rotatable bonds is 3. The molecule has 0 unspecified atom stereocenters. The second kappa shape index (κ2) is 7.55. The molecule has 0 saturated carbocycles. The van der Waals surface area contributed by atoms with Crippen molar-refractivity contribution in [3.05, 3.63) is 53.1 Å². The Morgan fingerprint density at radius 1 is 1.12 bits per heavy atom. The predicted molar refractivity (Wildman–Crippen MR) is 123 cm³/mol. The molecule has 33 heavy (non-hydrogen) atoms. The van der Waals surface area contributed by atoms with Gasteiger partial charge >= 0.3 is 0 Å². The van der Waals surface area contributed by atoms with E-state index in [1.165, 1.54) is 0 Å². The Labute approximate surface area is 194 Å². The zero-order valence-electron chi connectivity index (χ0n) is 17.8. The van der Waals surface area contributed by atoms with E-state index < -0.39 is 0 Å². The van der Waals surface area contributed by atoms with E-state index in [4.69, 9.17) is 11.6 Å². The quantitative estimate of drug-likeness (QED) is 0.485. The van der Waals surface area contributed by atoms with Gasteiger partial charge in [-0.2, -0.15) is 10.2 Å². The van der Waals surface area contributed by atoms with Gasteiger partial charge in [-0.25, -0.2) is 4.98 Å². The summed E-state index contributed by atoms with van der Waals surface area (Å²) in [7, 11) is 0. The second-order valence-corrected chi connectivity index (χ2v) is 9.39. The van der Waals surface area contributed by atoms with E-state index in [0.29, 0.717) is 30.4 Å². The number of benzene rings is 1. The van der Waals surface area contributed by atoms with Gasteiger partial charge in [-0.15, -0.1) is 0 Å². The van der Waals surface area contributed by atoms with Crippen LogP contribution >= 0.6 is 11.6 Å². The Morgan fingerprint density at radius 2 is 2.00 bits per heavy atom. The molecule has 168 valence electrons. The standard InChI is InChI=1S/C23H22ClN7O2/c24-15-3-4-16-17(8-15)28-29-18(16)9-21(32)30-12-23(13-30)5-1-2-6-31(23)22(33)19-7-14-10-26-27-20(14)11-25-19/h3-4,7-8,10-11H,1-2,5-6,9,12-13H2,(H,26,27)(H,28,29). The van der Waals surface area contributed by atoms with Crippen molar-refractivity contribution in [2.24, 2.45) is 0 Å². The highest BCUT2D eigenvalue weighted by molar-refractivity contribution is 6.31. The lowest BCUT2D eigenvalue weighted by molar-refractivity contribution is -0.146. The maximum atomic E-state index is 13.4. The van der Waals surface area contributed by atoms with Crippen molar-refractivity contribution in [3.63, 3.8) is 0 Å². The molecule has 2 amide bonds. The van der Waals surface area contributed by atoms with Crippen LogP contribution in [0.1, 0.15) is 35.4 Å². The molecule has 1 aromatic carbocycles. The first-order chi connectivity index (χ1) is 16.0. The Balaban J connectivity index is 1.18. The van der Waals surface area contributed by atoms with Crippen LogP contribution < -0.4 is 0 Å².